The van der Waals surface area contributed by atoms with Gasteiger partial charge in [0.25, 0.3) is 0 Å². The van der Waals surface area contributed by atoms with Crippen molar-refractivity contribution in [2.75, 3.05) is 6.54 Å². The number of nitrogens with zero attached hydrogens (tertiary/aromatic N) is 1. The van der Waals surface area contributed by atoms with Gasteiger partial charge in [0, 0.05) is 4.88 Å². The number of aryl methyl sites for hydroxylation is 2. The summed E-state index contributed by atoms with van der Waals surface area (Å²) < 4.78 is 26.2. The molecule has 2 rings (SSSR count). The number of benzene rings is 1. The standard InChI is InChI=1S/C14H17N3O3S2/c1-10-11(2)21-14(17-10)9-15-13(18)8-16-22(19,20)12-6-4-3-5-7-12/h3-7,16H,8-9H2,1-2H3,(H,15,18). The van der Waals surface area contributed by atoms with Crippen LogP contribution >= 0.6 is 11.3 Å². The van der Waals surface area contributed by atoms with Gasteiger partial charge in [0.05, 0.1) is 23.7 Å². The third kappa shape index (κ3) is 4.36. The molecular formula is C14H17N3O3S2. The highest BCUT2D eigenvalue weighted by Crippen LogP contribution is 2.15. The van der Waals surface area contributed by atoms with Crippen LogP contribution in [0.5, 0.6) is 0 Å². The summed E-state index contributed by atoms with van der Waals surface area (Å²) in [5, 5.41) is 3.45. The van der Waals surface area contributed by atoms with Crippen molar-refractivity contribution in [3.05, 3.63) is 45.9 Å². The van der Waals surface area contributed by atoms with Crippen LogP contribution in [0.3, 0.4) is 0 Å². The van der Waals surface area contributed by atoms with Gasteiger partial charge < -0.3 is 5.32 Å². The van der Waals surface area contributed by atoms with Crippen molar-refractivity contribution in [2.45, 2.75) is 25.3 Å². The number of nitrogens with one attached hydrogen (secondary N) is 2. The van der Waals surface area contributed by atoms with Gasteiger partial charge in [0.15, 0.2) is 0 Å². The van der Waals surface area contributed by atoms with E-state index in [1.54, 1.807) is 18.2 Å². The molecule has 0 radical (unpaired) electrons. The van der Waals surface area contributed by atoms with E-state index in [1.807, 2.05) is 13.8 Å². The van der Waals surface area contributed by atoms with Crippen molar-refractivity contribution in [3.63, 3.8) is 0 Å². The van der Waals surface area contributed by atoms with Gasteiger partial charge in [0.1, 0.15) is 5.01 Å². The molecule has 22 heavy (non-hydrogen) atoms. The molecule has 0 aliphatic rings. The Labute approximate surface area is 133 Å². The van der Waals surface area contributed by atoms with E-state index in [4.69, 9.17) is 0 Å². The van der Waals surface area contributed by atoms with E-state index < -0.39 is 15.9 Å². The highest BCUT2D eigenvalue weighted by atomic mass is 32.2. The lowest BCUT2D eigenvalue weighted by molar-refractivity contribution is -0.120. The van der Waals surface area contributed by atoms with Crippen molar-refractivity contribution < 1.29 is 13.2 Å². The minimum atomic E-state index is -3.66. The van der Waals surface area contributed by atoms with E-state index >= 15 is 0 Å². The molecule has 0 aliphatic heterocycles. The summed E-state index contributed by atoms with van der Waals surface area (Å²) in [6.07, 6.45) is 0. The maximum atomic E-state index is 12.0. The van der Waals surface area contributed by atoms with Crippen LogP contribution in [0.4, 0.5) is 0 Å². The fourth-order valence-electron chi connectivity index (χ4n) is 1.70. The quantitative estimate of drug-likeness (QED) is 0.832. The van der Waals surface area contributed by atoms with E-state index in [1.165, 1.54) is 23.5 Å². The summed E-state index contributed by atoms with van der Waals surface area (Å²) in [6, 6.07) is 7.93. The topological polar surface area (TPSA) is 88.2 Å². The maximum absolute atomic E-state index is 12.0. The second-order valence-corrected chi connectivity index (χ2v) is 7.72. The Balaban J connectivity index is 1.85. The number of hydrogen-bond acceptors (Lipinski definition) is 5. The second kappa shape index (κ2) is 6.99. The van der Waals surface area contributed by atoms with E-state index in [9.17, 15) is 13.2 Å². The van der Waals surface area contributed by atoms with Crippen molar-refractivity contribution >= 4 is 27.3 Å². The van der Waals surface area contributed by atoms with Gasteiger partial charge in [-0.2, -0.15) is 0 Å². The van der Waals surface area contributed by atoms with Gasteiger partial charge in [-0.25, -0.2) is 18.1 Å². The van der Waals surface area contributed by atoms with E-state index in [0.29, 0.717) is 6.54 Å². The van der Waals surface area contributed by atoms with Gasteiger partial charge >= 0.3 is 0 Å². The van der Waals surface area contributed by atoms with Crippen molar-refractivity contribution in [1.29, 1.82) is 0 Å². The molecule has 0 saturated heterocycles. The molecular weight excluding hydrogens is 322 g/mol. The normalized spacial score (nSPS) is 11.4. The van der Waals surface area contributed by atoms with E-state index in [0.717, 1.165) is 15.6 Å². The molecule has 0 atom stereocenters. The van der Waals surface area contributed by atoms with Crippen LogP contribution in [-0.2, 0) is 21.4 Å². The molecule has 1 aromatic carbocycles. The van der Waals surface area contributed by atoms with Crippen molar-refractivity contribution in [1.82, 2.24) is 15.0 Å². The van der Waals surface area contributed by atoms with Crippen LogP contribution in [-0.4, -0.2) is 25.9 Å². The number of carbonyl (C=O) groups excluding carboxylic acids is 1. The molecule has 0 saturated carbocycles. The predicted molar refractivity (Wildman–Crippen MR) is 85.1 cm³/mol. The van der Waals surface area contributed by atoms with Gasteiger partial charge in [-0.3, -0.25) is 4.79 Å². The Morgan fingerprint density at radius 2 is 1.91 bits per heavy atom. The number of hydrogen-bond donors (Lipinski definition) is 2. The lowest BCUT2D eigenvalue weighted by Crippen LogP contribution is -2.36. The summed E-state index contributed by atoms with van der Waals surface area (Å²) in [6.45, 7) is 3.86. The summed E-state index contributed by atoms with van der Waals surface area (Å²) in [5.74, 6) is -0.398. The first-order valence-corrected chi connectivity index (χ1v) is 8.93. The summed E-state index contributed by atoms with van der Waals surface area (Å²) in [5.41, 5.74) is 0.944. The van der Waals surface area contributed by atoms with Gasteiger partial charge in [-0.15, -0.1) is 11.3 Å². The Morgan fingerprint density at radius 3 is 2.50 bits per heavy atom. The fourth-order valence-corrected chi connectivity index (χ4v) is 3.57. The molecule has 0 aliphatic carbocycles. The highest BCUT2D eigenvalue weighted by Gasteiger charge is 2.15. The Kier molecular flexibility index (Phi) is 5.28. The molecule has 8 heteroatoms. The van der Waals surface area contributed by atoms with Gasteiger partial charge in [0.2, 0.25) is 15.9 Å². The van der Waals surface area contributed by atoms with Gasteiger partial charge in [-0.05, 0) is 26.0 Å². The van der Waals surface area contributed by atoms with E-state index in [2.05, 4.69) is 15.0 Å². The van der Waals surface area contributed by atoms with Crippen LogP contribution in [0.15, 0.2) is 35.2 Å². The molecule has 1 aromatic heterocycles. The zero-order valence-corrected chi connectivity index (χ0v) is 13.9. The first-order chi connectivity index (χ1) is 10.4. The molecule has 0 spiro atoms. The van der Waals surface area contributed by atoms with Crippen LogP contribution in [0.2, 0.25) is 0 Å². The largest absolute Gasteiger partial charge is 0.348 e. The molecule has 0 bridgehead atoms. The molecule has 0 unspecified atom stereocenters. The Morgan fingerprint density at radius 1 is 1.23 bits per heavy atom. The summed E-state index contributed by atoms with van der Waals surface area (Å²) >= 11 is 1.51. The number of thiazole rings is 1. The van der Waals surface area contributed by atoms with Crippen LogP contribution in [0.1, 0.15) is 15.6 Å². The molecule has 1 heterocycles. The lowest BCUT2D eigenvalue weighted by atomic mass is 10.4. The first kappa shape index (κ1) is 16.6. The predicted octanol–water partition coefficient (Wildman–Crippen LogP) is 1.35. The average Bonchev–Trinajstić information content (AvgIpc) is 2.83. The Hall–Kier alpha value is -1.77. The third-order valence-electron chi connectivity index (χ3n) is 2.99. The summed E-state index contributed by atoms with van der Waals surface area (Å²) in [7, 11) is -3.66. The second-order valence-electron chi connectivity index (χ2n) is 4.66. The molecule has 2 N–H and O–H groups in total. The molecule has 1 amide bonds. The molecule has 118 valence electrons. The van der Waals surface area contributed by atoms with Gasteiger partial charge in [-0.1, -0.05) is 18.2 Å². The number of sulfonamides is 1. The number of rotatable bonds is 6. The minimum Gasteiger partial charge on any atom is -0.348 e. The smallest absolute Gasteiger partial charge is 0.241 e. The lowest BCUT2D eigenvalue weighted by Gasteiger charge is -2.06. The van der Waals surface area contributed by atoms with E-state index in [-0.39, 0.29) is 11.4 Å². The van der Waals surface area contributed by atoms with Crippen molar-refractivity contribution in [3.8, 4) is 0 Å². The first-order valence-electron chi connectivity index (χ1n) is 6.63. The van der Waals surface area contributed by atoms with Crippen LogP contribution in [0, 0.1) is 13.8 Å². The SMILES string of the molecule is Cc1nc(CNC(=O)CNS(=O)(=O)c2ccccc2)sc1C. The van der Waals surface area contributed by atoms with Crippen molar-refractivity contribution in [2.24, 2.45) is 0 Å². The fraction of sp³-hybridized carbons (Fsp3) is 0.286. The average molecular weight is 339 g/mol. The zero-order valence-electron chi connectivity index (χ0n) is 12.3. The number of aromatic nitrogens is 1. The maximum Gasteiger partial charge on any atom is 0.241 e. The van der Waals surface area contributed by atoms with Crippen LogP contribution in [0.25, 0.3) is 0 Å². The summed E-state index contributed by atoms with van der Waals surface area (Å²) in [4.78, 5) is 17.3. The molecule has 0 fully saturated rings. The molecule has 2 aromatic rings. The highest BCUT2D eigenvalue weighted by molar-refractivity contribution is 7.89. The Bertz CT molecular complexity index is 735. The van der Waals surface area contributed by atoms with Crippen LogP contribution < -0.4 is 10.0 Å². The number of amides is 1. The number of carbonyl (C=O) groups is 1. The molecule has 6 nitrogen and oxygen atoms in total. The zero-order chi connectivity index (χ0) is 16.2. The third-order valence-corrected chi connectivity index (χ3v) is 5.48. The minimum absolute atomic E-state index is 0.133. The monoisotopic (exact) mass is 339 g/mol.